The van der Waals surface area contributed by atoms with E-state index in [9.17, 15) is 4.79 Å². The number of rotatable bonds is 4. The van der Waals surface area contributed by atoms with E-state index < -0.39 is 0 Å². The number of hydrogen-bond acceptors (Lipinski definition) is 6. The van der Waals surface area contributed by atoms with Crippen LogP contribution in [0.3, 0.4) is 0 Å². The number of amides is 1. The molecule has 2 aliphatic heterocycles. The molecule has 3 aliphatic rings. The highest BCUT2D eigenvalue weighted by molar-refractivity contribution is 5.91. The van der Waals surface area contributed by atoms with E-state index in [1.165, 1.54) is 0 Å². The fourth-order valence-corrected chi connectivity index (χ4v) is 4.75. The number of methoxy groups -OCH3 is 1. The number of likely N-dealkylation sites (tertiary alicyclic amines) is 1. The van der Waals surface area contributed by atoms with Gasteiger partial charge in [0.25, 0.3) is 5.91 Å². The first-order valence-corrected chi connectivity index (χ1v) is 9.90. The van der Waals surface area contributed by atoms with Gasteiger partial charge in [-0.2, -0.15) is 0 Å². The SMILES string of the molecule is COC1CC2(C1)CN(C(=O)c1nc(C)c(C)c(N3CC[C@@H](N(C)C)C3)n1)C2. The van der Waals surface area contributed by atoms with Crippen molar-refractivity contribution in [1.29, 1.82) is 0 Å². The van der Waals surface area contributed by atoms with Gasteiger partial charge in [0, 0.05) is 56.0 Å². The smallest absolute Gasteiger partial charge is 0.291 e. The van der Waals surface area contributed by atoms with Gasteiger partial charge in [0.1, 0.15) is 5.82 Å². The van der Waals surface area contributed by atoms with E-state index in [0.717, 1.165) is 62.5 Å². The number of anilines is 1. The maximum Gasteiger partial charge on any atom is 0.291 e. The van der Waals surface area contributed by atoms with Crippen molar-refractivity contribution in [3.63, 3.8) is 0 Å². The summed E-state index contributed by atoms with van der Waals surface area (Å²) < 4.78 is 5.39. The summed E-state index contributed by atoms with van der Waals surface area (Å²) in [5.74, 6) is 1.24. The second-order valence-corrected chi connectivity index (χ2v) is 8.86. The van der Waals surface area contributed by atoms with Gasteiger partial charge in [0.15, 0.2) is 0 Å². The predicted molar refractivity (Wildman–Crippen MR) is 104 cm³/mol. The Morgan fingerprint density at radius 1 is 1.22 bits per heavy atom. The minimum absolute atomic E-state index is 0.0331. The lowest BCUT2D eigenvalue weighted by molar-refractivity contribution is -0.126. The summed E-state index contributed by atoms with van der Waals surface area (Å²) in [5, 5.41) is 0. The normalized spacial score (nSPS) is 24.4. The number of likely N-dealkylation sites (N-methyl/N-ethyl adjacent to an activating group) is 1. The Morgan fingerprint density at radius 2 is 1.93 bits per heavy atom. The molecular weight excluding hydrogens is 342 g/mol. The topological polar surface area (TPSA) is 61.8 Å². The quantitative estimate of drug-likeness (QED) is 0.797. The molecule has 0 radical (unpaired) electrons. The summed E-state index contributed by atoms with van der Waals surface area (Å²) in [6.45, 7) is 7.57. The predicted octanol–water partition coefficient (Wildman–Crippen LogP) is 1.48. The van der Waals surface area contributed by atoms with Crippen molar-refractivity contribution in [2.45, 2.75) is 45.3 Å². The molecule has 1 saturated carbocycles. The second kappa shape index (κ2) is 6.71. The lowest BCUT2D eigenvalue weighted by Gasteiger charge is -2.58. The van der Waals surface area contributed by atoms with E-state index >= 15 is 0 Å². The first kappa shape index (κ1) is 18.6. The van der Waals surface area contributed by atoms with Gasteiger partial charge < -0.3 is 19.4 Å². The average Bonchev–Trinajstić information content (AvgIpc) is 3.04. The number of hydrogen-bond donors (Lipinski definition) is 0. The fraction of sp³-hybridized carbons (Fsp3) is 0.750. The van der Waals surface area contributed by atoms with E-state index in [1.54, 1.807) is 7.11 Å². The lowest BCUT2D eigenvalue weighted by atomic mass is 9.61. The monoisotopic (exact) mass is 373 g/mol. The maximum atomic E-state index is 13.0. The Labute approximate surface area is 161 Å². The Kier molecular flexibility index (Phi) is 4.63. The minimum Gasteiger partial charge on any atom is -0.381 e. The van der Waals surface area contributed by atoms with E-state index in [1.807, 2.05) is 11.8 Å². The highest BCUT2D eigenvalue weighted by Gasteiger charge is 2.54. The average molecular weight is 374 g/mol. The molecule has 0 bridgehead atoms. The Morgan fingerprint density at radius 3 is 2.52 bits per heavy atom. The summed E-state index contributed by atoms with van der Waals surface area (Å²) in [6.07, 6.45) is 3.61. The van der Waals surface area contributed by atoms with Crippen LogP contribution in [0.5, 0.6) is 0 Å². The zero-order chi connectivity index (χ0) is 19.3. The third kappa shape index (κ3) is 3.21. The highest BCUT2D eigenvalue weighted by atomic mass is 16.5. The van der Waals surface area contributed by atoms with E-state index in [-0.39, 0.29) is 11.3 Å². The number of carbonyl (C=O) groups excluding carboxylic acids is 1. The molecule has 3 fully saturated rings. The van der Waals surface area contributed by atoms with Crippen molar-refractivity contribution in [2.75, 3.05) is 52.3 Å². The van der Waals surface area contributed by atoms with Gasteiger partial charge in [-0.1, -0.05) is 0 Å². The molecule has 2 saturated heterocycles. The zero-order valence-corrected chi connectivity index (χ0v) is 17.2. The number of nitrogens with zero attached hydrogens (tertiary/aromatic N) is 5. The van der Waals surface area contributed by atoms with Gasteiger partial charge in [0.2, 0.25) is 5.82 Å². The molecule has 4 rings (SSSR count). The van der Waals surface area contributed by atoms with Gasteiger partial charge in [-0.3, -0.25) is 4.79 Å². The summed E-state index contributed by atoms with van der Waals surface area (Å²) >= 11 is 0. The molecule has 1 aromatic rings. The van der Waals surface area contributed by atoms with E-state index in [2.05, 4.69) is 35.8 Å². The van der Waals surface area contributed by atoms with Crippen LogP contribution in [0.25, 0.3) is 0 Å². The molecule has 1 amide bonds. The second-order valence-electron chi connectivity index (χ2n) is 8.86. The van der Waals surface area contributed by atoms with Gasteiger partial charge >= 0.3 is 0 Å². The molecular formula is C20H31N5O2. The Hall–Kier alpha value is -1.73. The number of ether oxygens (including phenoxy) is 1. The van der Waals surface area contributed by atoms with Gasteiger partial charge in [-0.05, 0) is 47.2 Å². The first-order valence-electron chi connectivity index (χ1n) is 9.90. The van der Waals surface area contributed by atoms with Crippen LogP contribution < -0.4 is 4.90 Å². The number of aryl methyl sites for hydroxylation is 1. The number of carbonyl (C=O) groups is 1. The summed E-state index contributed by atoms with van der Waals surface area (Å²) in [6, 6.07) is 0.529. The van der Waals surface area contributed by atoms with Gasteiger partial charge in [0.05, 0.1) is 6.10 Å². The van der Waals surface area contributed by atoms with Gasteiger partial charge in [-0.15, -0.1) is 0 Å². The molecule has 148 valence electrons. The molecule has 27 heavy (non-hydrogen) atoms. The molecule has 0 unspecified atom stereocenters. The van der Waals surface area contributed by atoms with Crippen LogP contribution in [0.2, 0.25) is 0 Å². The van der Waals surface area contributed by atoms with Crippen LogP contribution in [0.15, 0.2) is 0 Å². The van der Waals surface area contributed by atoms with Gasteiger partial charge in [-0.25, -0.2) is 9.97 Å². The Bertz CT molecular complexity index is 736. The minimum atomic E-state index is -0.0331. The molecule has 7 nitrogen and oxygen atoms in total. The third-order valence-electron chi connectivity index (χ3n) is 6.74. The van der Waals surface area contributed by atoms with Crippen molar-refractivity contribution < 1.29 is 9.53 Å². The van der Waals surface area contributed by atoms with Crippen LogP contribution >= 0.6 is 0 Å². The van der Waals surface area contributed by atoms with Crippen molar-refractivity contribution in [2.24, 2.45) is 5.41 Å². The molecule has 3 heterocycles. The zero-order valence-electron chi connectivity index (χ0n) is 17.2. The maximum absolute atomic E-state index is 13.0. The molecule has 1 atom stereocenters. The van der Waals surface area contributed by atoms with Crippen LogP contribution in [-0.2, 0) is 4.74 Å². The van der Waals surface area contributed by atoms with E-state index in [4.69, 9.17) is 9.72 Å². The molecule has 0 aromatic carbocycles. The highest BCUT2D eigenvalue weighted by Crippen LogP contribution is 2.49. The van der Waals surface area contributed by atoms with E-state index in [0.29, 0.717) is 18.0 Å². The first-order chi connectivity index (χ1) is 12.8. The van der Waals surface area contributed by atoms with Crippen LogP contribution in [0, 0.1) is 19.3 Å². The van der Waals surface area contributed by atoms with Crippen LogP contribution in [0.4, 0.5) is 5.82 Å². The molecule has 1 spiro atoms. The largest absolute Gasteiger partial charge is 0.381 e. The molecule has 1 aliphatic carbocycles. The number of aromatic nitrogens is 2. The van der Waals surface area contributed by atoms with Crippen molar-refractivity contribution in [1.82, 2.24) is 19.8 Å². The third-order valence-corrected chi connectivity index (χ3v) is 6.74. The summed E-state index contributed by atoms with van der Waals surface area (Å²) in [4.78, 5) is 28.7. The molecule has 0 N–H and O–H groups in total. The lowest BCUT2D eigenvalue weighted by Crippen LogP contribution is -2.65. The molecule has 1 aromatic heterocycles. The van der Waals surface area contributed by atoms with Crippen molar-refractivity contribution >= 4 is 11.7 Å². The summed E-state index contributed by atoms with van der Waals surface area (Å²) in [5.41, 5.74) is 2.26. The standard InChI is InChI=1S/C20H31N5O2/c1-13-14(2)21-17(22-18(13)24-7-6-15(10-24)23(3)4)19(26)25-11-20(12-25)8-16(9-20)27-5/h15-16H,6-12H2,1-5H3/t15-/m1/s1. The summed E-state index contributed by atoms with van der Waals surface area (Å²) in [7, 11) is 6.01. The Balaban J connectivity index is 1.48. The molecule has 7 heteroatoms. The van der Waals surface area contributed by atoms with Crippen molar-refractivity contribution in [3.8, 4) is 0 Å². The van der Waals surface area contributed by atoms with Crippen LogP contribution in [0.1, 0.15) is 41.1 Å². The van der Waals surface area contributed by atoms with Crippen LogP contribution in [-0.4, -0.2) is 85.2 Å². The fourth-order valence-electron chi connectivity index (χ4n) is 4.75. The van der Waals surface area contributed by atoms with Crippen molar-refractivity contribution in [3.05, 3.63) is 17.1 Å².